The van der Waals surface area contributed by atoms with Crippen molar-refractivity contribution in [3.05, 3.63) is 35.6 Å². The molecule has 2 N–H and O–H groups in total. The van der Waals surface area contributed by atoms with E-state index in [1.807, 2.05) is 12.1 Å². The monoisotopic (exact) mass is 333 g/mol. The van der Waals surface area contributed by atoms with Crippen LogP contribution >= 0.6 is 0 Å². The predicted molar refractivity (Wildman–Crippen MR) is 95.9 cm³/mol. The lowest BCUT2D eigenvalue weighted by molar-refractivity contribution is 0.0174. The van der Waals surface area contributed by atoms with Gasteiger partial charge in [0, 0.05) is 51.9 Å². The van der Waals surface area contributed by atoms with Crippen molar-refractivity contribution in [1.82, 2.24) is 20.4 Å². The lowest BCUT2D eigenvalue weighted by atomic mass is 10.1. The first-order valence-corrected chi connectivity index (χ1v) is 8.97. The Labute approximate surface area is 143 Å². The Morgan fingerprint density at radius 2 is 1.92 bits per heavy atom. The summed E-state index contributed by atoms with van der Waals surface area (Å²) in [6, 6.07) is 7.23. The largest absolute Gasteiger partial charge is 0.357 e. The van der Waals surface area contributed by atoms with E-state index in [1.165, 1.54) is 38.3 Å². The Balaban J connectivity index is 1.47. The van der Waals surface area contributed by atoms with E-state index in [4.69, 9.17) is 4.99 Å². The first-order valence-electron chi connectivity index (χ1n) is 8.97. The summed E-state index contributed by atoms with van der Waals surface area (Å²) in [6.07, 6.45) is 0.855. The molecular weight excluding hydrogens is 305 g/mol. The topological polar surface area (TPSA) is 42.9 Å². The van der Waals surface area contributed by atoms with Gasteiger partial charge in [0.2, 0.25) is 0 Å². The molecule has 1 aromatic rings. The third kappa shape index (κ3) is 4.68. The first kappa shape index (κ1) is 17.2. The Morgan fingerprint density at radius 1 is 1.17 bits per heavy atom. The number of rotatable bonds is 6. The van der Waals surface area contributed by atoms with Crippen LogP contribution in [-0.2, 0) is 6.42 Å². The van der Waals surface area contributed by atoms with E-state index < -0.39 is 0 Å². The molecule has 1 unspecified atom stereocenters. The van der Waals surface area contributed by atoms with Crippen LogP contribution in [0.5, 0.6) is 0 Å². The smallest absolute Gasteiger partial charge is 0.191 e. The molecule has 3 saturated heterocycles. The van der Waals surface area contributed by atoms with Gasteiger partial charge in [-0.25, -0.2) is 4.39 Å². The molecule has 0 aromatic heterocycles. The highest BCUT2D eigenvalue weighted by molar-refractivity contribution is 5.79. The van der Waals surface area contributed by atoms with Crippen molar-refractivity contribution in [1.29, 1.82) is 0 Å². The Kier molecular flexibility index (Phi) is 6.04. The molecule has 3 heterocycles. The van der Waals surface area contributed by atoms with Crippen LogP contribution in [0, 0.1) is 5.82 Å². The van der Waals surface area contributed by atoms with Gasteiger partial charge in [-0.1, -0.05) is 12.1 Å². The number of nitrogens with zero attached hydrogens (tertiary/aromatic N) is 3. The minimum absolute atomic E-state index is 0.186. The minimum Gasteiger partial charge on any atom is -0.357 e. The average Bonchev–Trinajstić information content (AvgIpc) is 2.62. The van der Waals surface area contributed by atoms with Crippen molar-refractivity contribution in [2.45, 2.75) is 19.4 Å². The summed E-state index contributed by atoms with van der Waals surface area (Å²) in [5.41, 5.74) is 1.13. The molecule has 6 heteroatoms. The summed E-state index contributed by atoms with van der Waals surface area (Å²) >= 11 is 0. The lowest BCUT2D eigenvalue weighted by Crippen LogP contribution is -2.62. The van der Waals surface area contributed by atoms with Gasteiger partial charge in [-0.05, 0) is 31.0 Å². The van der Waals surface area contributed by atoms with Crippen molar-refractivity contribution < 1.29 is 4.39 Å². The van der Waals surface area contributed by atoms with Crippen LogP contribution in [0.3, 0.4) is 0 Å². The number of nitrogens with one attached hydrogen (secondary N) is 2. The van der Waals surface area contributed by atoms with Crippen molar-refractivity contribution in [2.24, 2.45) is 4.99 Å². The van der Waals surface area contributed by atoms with Gasteiger partial charge in [0.05, 0.1) is 6.54 Å². The molecule has 132 valence electrons. The molecule has 24 heavy (non-hydrogen) atoms. The predicted octanol–water partition coefficient (Wildman–Crippen LogP) is 0.923. The van der Waals surface area contributed by atoms with E-state index in [0.29, 0.717) is 6.04 Å². The Bertz CT molecular complexity index is 537. The van der Waals surface area contributed by atoms with E-state index in [2.05, 4.69) is 27.4 Å². The van der Waals surface area contributed by atoms with Crippen molar-refractivity contribution >= 4 is 5.96 Å². The number of hydrogen-bond donors (Lipinski definition) is 2. The normalized spacial score (nSPS) is 26.4. The van der Waals surface area contributed by atoms with E-state index in [9.17, 15) is 4.39 Å². The van der Waals surface area contributed by atoms with Gasteiger partial charge >= 0.3 is 0 Å². The highest BCUT2D eigenvalue weighted by Crippen LogP contribution is 2.15. The van der Waals surface area contributed by atoms with E-state index in [0.717, 1.165) is 44.1 Å². The highest BCUT2D eigenvalue weighted by atomic mass is 19.1. The third-order valence-electron chi connectivity index (χ3n) is 4.82. The number of aliphatic imine (C=N–C) groups is 1. The molecular formula is C18H28FN5. The maximum Gasteiger partial charge on any atom is 0.191 e. The van der Waals surface area contributed by atoms with Crippen LogP contribution in [0.1, 0.15) is 12.5 Å². The molecule has 0 spiro atoms. The fourth-order valence-electron chi connectivity index (χ4n) is 3.41. The lowest BCUT2D eigenvalue weighted by Gasteiger charge is -2.47. The average molecular weight is 333 g/mol. The molecule has 5 nitrogen and oxygen atoms in total. The fraction of sp³-hybridized carbons (Fsp3) is 0.611. The molecule has 3 aliphatic heterocycles. The summed E-state index contributed by atoms with van der Waals surface area (Å²) in [5, 5.41) is 6.69. The standard InChI is InChI=1S/C18H28FN5/c1-2-20-18(21-8-7-15-3-5-16(19)6-4-15)22-13-17-14-23-9-11-24(17)12-10-23/h3-6,17H,2,7-14H2,1H3,(H2,20,21,22). The second kappa shape index (κ2) is 8.44. The zero-order chi connectivity index (χ0) is 16.8. The number of piperazine rings is 3. The van der Waals surface area contributed by atoms with Gasteiger partial charge in [-0.2, -0.15) is 0 Å². The number of guanidine groups is 1. The molecule has 0 amide bonds. The Hall–Kier alpha value is -1.66. The SMILES string of the molecule is CCNC(=NCC1CN2CCN1CC2)NCCc1ccc(F)cc1. The van der Waals surface area contributed by atoms with Crippen molar-refractivity contribution in [3.8, 4) is 0 Å². The quantitative estimate of drug-likeness (QED) is 0.600. The molecule has 3 aliphatic rings. The van der Waals surface area contributed by atoms with Crippen LogP contribution in [0.4, 0.5) is 4.39 Å². The van der Waals surface area contributed by atoms with Crippen LogP contribution < -0.4 is 10.6 Å². The minimum atomic E-state index is -0.186. The maximum absolute atomic E-state index is 12.9. The number of hydrogen-bond acceptors (Lipinski definition) is 3. The number of fused-ring (bicyclic) bond motifs is 3. The third-order valence-corrected chi connectivity index (χ3v) is 4.82. The van der Waals surface area contributed by atoms with E-state index in [1.54, 1.807) is 0 Å². The van der Waals surface area contributed by atoms with Gasteiger partial charge in [-0.15, -0.1) is 0 Å². The van der Waals surface area contributed by atoms with Gasteiger partial charge < -0.3 is 10.6 Å². The molecule has 3 fully saturated rings. The van der Waals surface area contributed by atoms with Crippen LogP contribution in [0.2, 0.25) is 0 Å². The summed E-state index contributed by atoms with van der Waals surface area (Å²) in [4.78, 5) is 9.87. The second-order valence-electron chi connectivity index (χ2n) is 6.51. The van der Waals surface area contributed by atoms with Crippen molar-refractivity contribution in [3.63, 3.8) is 0 Å². The van der Waals surface area contributed by atoms with E-state index in [-0.39, 0.29) is 5.82 Å². The molecule has 1 atom stereocenters. The maximum atomic E-state index is 12.9. The molecule has 1 aromatic carbocycles. The van der Waals surface area contributed by atoms with E-state index >= 15 is 0 Å². The highest BCUT2D eigenvalue weighted by Gasteiger charge is 2.31. The summed E-state index contributed by atoms with van der Waals surface area (Å²) < 4.78 is 12.9. The summed E-state index contributed by atoms with van der Waals surface area (Å²) in [5.74, 6) is 0.686. The van der Waals surface area contributed by atoms with Gasteiger partial charge in [-0.3, -0.25) is 14.8 Å². The van der Waals surface area contributed by atoms with Gasteiger partial charge in [0.25, 0.3) is 0 Å². The number of halogens is 1. The van der Waals surface area contributed by atoms with Crippen LogP contribution in [0.25, 0.3) is 0 Å². The first-order chi connectivity index (χ1) is 11.7. The molecule has 0 saturated carbocycles. The second-order valence-corrected chi connectivity index (χ2v) is 6.51. The molecule has 4 rings (SSSR count). The summed E-state index contributed by atoms with van der Waals surface area (Å²) in [7, 11) is 0. The van der Waals surface area contributed by atoms with Crippen molar-refractivity contribution in [2.75, 3.05) is 52.4 Å². The molecule has 0 radical (unpaired) electrons. The molecule has 0 aliphatic carbocycles. The zero-order valence-electron chi connectivity index (χ0n) is 14.5. The number of benzene rings is 1. The van der Waals surface area contributed by atoms with Gasteiger partial charge in [0.1, 0.15) is 5.82 Å². The van der Waals surface area contributed by atoms with Crippen LogP contribution in [0.15, 0.2) is 29.3 Å². The van der Waals surface area contributed by atoms with Crippen LogP contribution in [-0.4, -0.2) is 74.2 Å². The Morgan fingerprint density at radius 3 is 2.54 bits per heavy atom. The zero-order valence-corrected chi connectivity index (χ0v) is 14.5. The summed E-state index contributed by atoms with van der Waals surface area (Å²) in [6.45, 7) is 10.5. The van der Waals surface area contributed by atoms with Gasteiger partial charge in [0.15, 0.2) is 5.96 Å². The molecule has 2 bridgehead atoms. The fourth-order valence-corrected chi connectivity index (χ4v) is 3.41.